The standard InChI is InChI=1S/C32H40/c1-23-5-8-27(9-6-23)10-16-30-19-20-32(22-26(30)4)31-17-12-28(13-18-31)11-15-29-14-7-24(2)21-25(29)3/h7,12-14,17-23,27H,5-6,8-11,15-16H2,1-4H3. The van der Waals surface area contributed by atoms with Crippen molar-refractivity contribution >= 4 is 0 Å². The van der Waals surface area contributed by atoms with Crippen LogP contribution in [-0.4, -0.2) is 0 Å². The van der Waals surface area contributed by atoms with Crippen LogP contribution in [0, 0.1) is 32.6 Å². The van der Waals surface area contributed by atoms with Crippen molar-refractivity contribution in [1.29, 1.82) is 0 Å². The van der Waals surface area contributed by atoms with E-state index >= 15 is 0 Å². The molecule has 3 aromatic carbocycles. The van der Waals surface area contributed by atoms with Gasteiger partial charge in [-0.15, -0.1) is 0 Å². The lowest BCUT2D eigenvalue weighted by molar-refractivity contribution is 0.277. The molecule has 0 heterocycles. The molecule has 168 valence electrons. The number of rotatable bonds is 7. The quantitative estimate of drug-likeness (QED) is 0.355. The summed E-state index contributed by atoms with van der Waals surface area (Å²) in [6.07, 6.45) is 10.6. The normalized spacial score (nSPS) is 18.6. The van der Waals surface area contributed by atoms with Gasteiger partial charge in [-0.3, -0.25) is 0 Å². The second-order valence-electron chi connectivity index (χ2n) is 10.4. The predicted octanol–water partition coefficient (Wildman–Crippen LogP) is 8.82. The molecule has 0 heteroatoms. The maximum Gasteiger partial charge on any atom is -0.0181 e. The van der Waals surface area contributed by atoms with Crippen molar-refractivity contribution in [1.82, 2.24) is 0 Å². The van der Waals surface area contributed by atoms with E-state index in [0.717, 1.165) is 24.7 Å². The third-order valence-electron chi connectivity index (χ3n) is 7.77. The summed E-state index contributed by atoms with van der Waals surface area (Å²) in [5.74, 6) is 1.90. The molecule has 0 aliphatic heterocycles. The van der Waals surface area contributed by atoms with Gasteiger partial charge in [0.15, 0.2) is 0 Å². The minimum absolute atomic E-state index is 0.946. The van der Waals surface area contributed by atoms with E-state index < -0.39 is 0 Å². The van der Waals surface area contributed by atoms with Gasteiger partial charge in [0.2, 0.25) is 0 Å². The Balaban J connectivity index is 1.34. The number of benzene rings is 3. The van der Waals surface area contributed by atoms with Gasteiger partial charge in [0.05, 0.1) is 0 Å². The topological polar surface area (TPSA) is 0 Å². The number of aryl methyl sites for hydroxylation is 6. The first kappa shape index (κ1) is 22.8. The molecule has 0 N–H and O–H groups in total. The average molecular weight is 425 g/mol. The molecule has 0 spiro atoms. The Hall–Kier alpha value is -2.34. The fraction of sp³-hybridized carbons (Fsp3) is 0.438. The van der Waals surface area contributed by atoms with Gasteiger partial charge in [0, 0.05) is 0 Å². The first-order valence-corrected chi connectivity index (χ1v) is 12.7. The number of hydrogen-bond donors (Lipinski definition) is 0. The largest absolute Gasteiger partial charge is 0.0625 e. The van der Waals surface area contributed by atoms with Crippen LogP contribution in [0.5, 0.6) is 0 Å². The summed E-state index contributed by atoms with van der Waals surface area (Å²) in [4.78, 5) is 0. The SMILES string of the molecule is Cc1ccc(CCc2ccc(-c3ccc(CCC4CCC(C)CC4)c(C)c3)cc2)c(C)c1. The lowest BCUT2D eigenvalue weighted by atomic mass is 9.80. The van der Waals surface area contributed by atoms with Gasteiger partial charge in [0.25, 0.3) is 0 Å². The summed E-state index contributed by atoms with van der Waals surface area (Å²) < 4.78 is 0. The van der Waals surface area contributed by atoms with Crippen molar-refractivity contribution in [2.75, 3.05) is 0 Å². The number of hydrogen-bond acceptors (Lipinski definition) is 0. The molecule has 0 amide bonds. The zero-order chi connectivity index (χ0) is 22.5. The third kappa shape index (κ3) is 5.91. The van der Waals surface area contributed by atoms with Gasteiger partial charge in [-0.2, -0.15) is 0 Å². The van der Waals surface area contributed by atoms with E-state index in [9.17, 15) is 0 Å². The van der Waals surface area contributed by atoms with Crippen LogP contribution in [0.3, 0.4) is 0 Å². The van der Waals surface area contributed by atoms with E-state index in [0.29, 0.717) is 0 Å². The van der Waals surface area contributed by atoms with Gasteiger partial charge >= 0.3 is 0 Å². The van der Waals surface area contributed by atoms with Crippen molar-refractivity contribution in [2.24, 2.45) is 11.8 Å². The molecule has 1 aliphatic rings. The van der Waals surface area contributed by atoms with Gasteiger partial charge in [-0.05, 0) is 97.2 Å². The van der Waals surface area contributed by atoms with E-state index in [1.807, 2.05) is 0 Å². The molecule has 1 saturated carbocycles. The third-order valence-corrected chi connectivity index (χ3v) is 7.77. The van der Waals surface area contributed by atoms with Gasteiger partial charge < -0.3 is 0 Å². The van der Waals surface area contributed by atoms with Crippen LogP contribution in [-0.2, 0) is 19.3 Å². The minimum atomic E-state index is 0.946. The van der Waals surface area contributed by atoms with E-state index in [4.69, 9.17) is 0 Å². The molecule has 1 aliphatic carbocycles. The van der Waals surface area contributed by atoms with Crippen LogP contribution in [0.4, 0.5) is 0 Å². The van der Waals surface area contributed by atoms with E-state index in [-0.39, 0.29) is 0 Å². The average Bonchev–Trinajstić information content (AvgIpc) is 2.79. The lowest BCUT2D eigenvalue weighted by Gasteiger charge is -2.26. The molecule has 0 bridgehead atoms. The molecule has 0 radical (unpaired) electrons. The first-order chi connectivity index (χ1) is 15.5. The van der Waals surface area contributed by atoms with Crippen molar-refractivity contribution < 1.29 is 0 Å². The zero-order valence-corrected chi connectivity index (χ0v) is 20.6. The summed E-state index contributed by atoms with van der Waals surface area (Å²) in [5.41, 5.74) is 11.3. The molecule has 0 saturated heterocycles. The van der Waals surface area contributed by atoms with Gasteiger partial charge in [-0.1, -0.05) is 98.8 Å². The molecular formula is C32H40. The Morgan fingerprint density at radius 2 is 1.25 bits per heavy atom. The van der Waals surface area contributed by atoms with Crippen LogP contribution < -0.4 is 0 Å². The summed E-state index contributed by atoms with van der Waals surface area (Å²) in [7, 11) is 0. The Bertz CT molecular complexity index is 1020. The van der Waals surface area contributed by atoms with E-state index in [1.165, 1.54) is 83.0 Å². The van der Waals surface area contributed by atoms with Crippen molar-refractivity contribution in [3.05, 3.63) is 94.0 Å². The van der Waals surface area contributed by atoms with Crippen LogP contribution >= 0.6 is 0 Å². The van der Waals surface area contributed by atoms with Gasteiger partial charge in [0.1, 0.15) is 0 Å². The van der Waals surface area contributed by atoms with Crippen LogP contribution in [0.2, 0.25) is 0 Å². The maximum absolute atomic E-state index is 2.41. The second-order valence-corrected chi connectivity index (χ2v) is 10.4. The van der Waals surface area contributed by atoms with E-state index in [1.54, 1.807) is 0 Å². The highest BCUT2D eigenvalue weighted by atomic mass is 14.2. The lowest BCUT2D eigenvalue weighted by Crippen LogP contribution is -2.13. The molecule has 0 nitrogen and oxygen atoms in total. The molecule has 0 unspecified atom stereocenters. The molecule has 0 atom stereocenters. The fourth-order valence-corrected chi connectivity index (χ4v) is 5.40. The van der Waals surface area contributed by atoms with Crippen LogP contribution in [0.15, 0.2) is 60.7 Å². The summed E-state index contributed by atoms with van der Waals surface area (Å²) >= 11 is 0. The maximum atomic E-state index is 2.41. The van der Waals surface area contributed by atoms with Gasteiger partial charge in [-0.25, -0.2) is 0 Å². The monoisotopic (exact) mass is 424 g/mol. The Labute approximate surface area is 196 Å². The Morgan fingerprint density at radius 3 is 1.94 bits per heavy atom. The smallest absolute Gasteiger partial charge is 0.0181 e. The highest BCUT2D eigenvalue weighted by Crippen LogP contribution is 2.32. The second kappa shape index (κ2) is 10.5. The van der Waals surface area contributed by atoms with Crippen molar-refractivity contribution in [2.45, 2.75) is 79.1 Å². The highest BCUT2D eigenvalue weighted by molar-refractivity contribution is 5.65. The van der Waals surface area contributed by atoms with Crippen LogP contribution in [0.25, 0.3) is 11.1 Å². The highest BCUT2D eigenvalue weighted by Gasteiger charge is 2.18. The summed E-state index contributed by atoms with van der Waals surface area (Å²) in [6, 6.07) is 23.1. The van der Waals surface area contributed by atoms with Crippen LogP contribution in [0.1, 0.15) is 72.4 Å². The molecule has 3 aromatic rings. The molecule has 32 heavy (non-hydrogen) atoms. The molecule has 0 aromatic heterocycles. The molecular weight excluding hydrogens is 384 g/mol. The molecule has 4 rings (SSSR count). The first-order valence-electron chi connectivity index (χ1n) is 12.7. The fourth-order valence-electron chi connectivity index (χ4n) is 5.40. The minimum Gasteiger partial charge on any atom is -0.0625 e. The molecule has 1 fully saturated rings. The van der Waals surface area contributed by atoms with E-state index in [2.05, 4.69) is 88.4 Å². The van der Waals surface area contributed by atoms with Crippen molar-refractivity contribution in [3.63, 3.8) is 0 Å². The summed E-state index contributed by atoms with van der Waals surface area (Å²) in [6.45, 7) is 9.10. The van der Waals surface area contributed by atoms with Crippen molar-refractivity contribution in [3.8, 4) is 11.1 Å². The zero-order valence-electron chi connectivity index (χ0n) is 20.6. The predicted molar refractivity (Wildman–Crippen MR) is 139 cm³/mol. The Morgan fingerprint density at radius 1 is 0.625 bits per heavy atom. The Kier molecular flexibility index (Phi) is 7.51. The summed E-state index contributed by atoms with van der Waals surface area (Å²) in [5, 5.41) is 0.